The van der Waals surface area contributed by atoms with E-state index >= 15 is 0 Å². The normalized spacial score (nSPS) is 17.1. The molecular weight excluding hydrogens is 314 g/mol. The van der Waals surface area contributed by atoms with Crippen molar-refractivity contribution in [2.24, 2.45) is 0 Å². The van der Waals surface area contributed by atoms with Gasteiger partial charge in [0, 0.05) is 5.69 Å². The van der Waals surface area contributed by atoms with Gasteiger partial charge >= 0.3 is 11.9 Å². The summed E-state index contributed by atoms with van der Waals surface area (Å²) >= 11 is 0. The largest absolute Gasteiger partial charge is 0.488 e. The first-order valence-electron chi connectivity index (χ1n) is 7.39. The number of carbonyl (C=O) groups excluding carboxylic acids is 3. The number of aryl methyl sites for hydroxylation is 1. The van der Waals surface area contributed by atoms with Gasteiger partial charge in [0.15, 0.2) is 11.8 Å². The molecule has 0 N–H and O–H groups in total. The molecule has 2 rings (SSSR count). The summed E-state index contributed by atoms with van der Waals surface area (Å²) in [6.07, 6.45) is 0. The fourth-order valence-corrected chi connectivity index (χ4v) is 2.50. The van der Waals surface area contributed by atoms with Crippen LogP contribution in [0.3, 0.4) is 0 Å². The van der Waals surface area contributed by atoms with Crippen LogP contribution in [-0.2, 0) is 28.6 Å². The summed E-state index contributed by atoms with van der Waals surface area (Å²) in [6, 6.07) is 5.72. The van der Waals surface area contributed by atoms with E-state index in [0.717, 1.165) is 5.56 Å². The minimum absolute atomic E-state index is 0.156. The topological polar surface area (TPSA) is 82.1 Å². The van der Waals surface area contributed by atoms with Gasteiger partial charge in [0.25, 0.3) is 5.91 Å². The van der Waals surface area contributed by atoms with Crippen molar-refractivity contribution in [2.45, 2.75) is 19.9 Å². The molecule has 0 radical (unpaired) electrons. The highest BCUT2D eigenvalue weighted by molar-refractivity contribution is 6.20. The minimum Gasteiger partial charge on any atom is -0.488 e. The van der Waals surface area contributed by atoms with E-state index < -0.39 is 23.9 Å². The number of anilines is 1. The first-order chi connectivity index (χ1) is 11.5. The zero-order valence-electron chi connectivity index (χ0n) is 14.0. The molecule has 0 aromatic heterocycles. The fourth-order valence-electron chi connectivity index (χ4n) is 2.50. The number of benzene rings is 1. The smallest absolute Gasteiger partial charge is 0.340 e. The van der Waals surface area contributed by atoms with Crippen molar-refractivity contribution in [2.75, 3.05) is 25.7 Å². The molecule has 7 nitrogen and oxygen atoms in total. The third-order valence-corrected chi connectivity index (χ3v) is 3.62. The number of nitrogens with zero attached hydrogens (tertiary/aromatic N) is 1. The van der Waals surface area contributed by atoms with E-state index in [4.69, 9.17) is 14.2 Å². The molecule has 1 heterocycles. The van der Waals surface area contributed by atoms with Gasteiger partial charge in [-0.3, -0.25) is 9.69 Å². The molecule has 24 heavy (non-hydrogen) atoms. The van der Waals surface area contributed by atoms with E-state index in [9.17, 15) is 14.4 Å². The first kappa shape index (κ1) is 17.5. The summed E-state index contributed by atoms with van der Waals surface area (Å²) in [7, 11) is 2.36. The zero-order valence-corrected chi connectivity index (χ0v) is 14.0. The van der Waals surface area contributed by atoms with Crippen molar-refractivity contribution in [3.05, 3.63) is 41.2 Å². The van der Waals surface area contributed by atoms with E-state index in [1.54, 1.807) is 31.2 Å². The molecule has 1 atom stereocenters. The molecule has 0 bridgehead atoms. The van der Waals surface area contributed by atoms with E-state index in [-0.39, 0.29) is 17.9 Å². The van der Waals surface area contributed by atoms with E-state index in [1.807, 2.05) is 6.92 Å². The van der Waals surface area contributed by atoms with Gasteiger partial charge in [-0.25, -0.2) is 9.59 Å². The number of hydrogen-bond acceptors (Lipinski definition) is 6. The lowest BCUT2D eigenvalue weighted by atomic mass is 10.1. The Morgan fingerprint density at radius 1 is 1.12 bits per heavy atom. The van der Waals surface area contributed by atoms with E-state index in [0.29, 0.717) is 5.69 Å². The standard InChI is InChI=1S/C17H19NO6/c1-5-24-14-12(16(20)22-3)13(17(21)23-4)18(15(14)19)11-8-6-10(2)7-9-11/h6-9,13H,5H2,1-4H3. The van der Waals surface area contributed by atoms with Crippen LogP contribution in [0.1, 0.15) is 12.5 Å². The maximum Gasteiger partial charge on any atom is 0.340 e. The SMILES string of the molecule is CCOC1=C(C(=O)OC)C(C(=O)OC)N(c2ccc(C)cc2)C1=O. The van der Waals surface area contributed by atoms with E-state index in [2.05, 4.69) is 0 Å². The van der Waals surface area contributed by atoms with Gasteiger partial charge in [-0.05, 0) is 26.0 Å². The predicted octanol–water partition coefficient (Wildman–Crippen LogP) is 1.35. The maximum atomic E-state index is 12.8. The molecule has 0 saturated carbocycles. The van der Waals surface area contributed by atoms with Crippen molar-refractivity contribution in [3.63, 3.8) is 0 Å². The maximum absolute atomic E-state index is 12.8. The highest BCUT2D eigenvalue weighted by atomic mass is 16.5. The minimum atomic E-state index is -1.25. The third kappa shape index (κ3) is 2.97. The summed E-state index contributed by atoms with van der Waals surface area (Å²) in [5, 5.41) is 0. The van der Waals surface area contributed by atoms with Gasteiger partial charge in [-0.15, -0.1) is 0 Å². The Labute approximate surface area is 139 Å². The molecule has 128 valence electrons. The Bertz CT molecular complexity index is 692. The van der Waals surface area contributed by atoms with Crippen molar-refractivity contribution in [1.82, 2.24) is 0 Å². The molecule has 1 aromatic carbocycles. The molecule has 1 aromatic rings. The van der Waals surface area contributed by atoms with Crippen LogP contribution in [0.25, 0.3) is 0 Å². The van der Waals surface area contributed by atoms with Crippen molar-refractivity contribution >= 4 is 23.5 Å². The fraction of sp³-hybridized carbons (Fsp3) is 0.353. The summed E-state index contributed by atoms with van der Waals surface area (Å²) in [4.78, 5) is 38.4. The van der Waals surface area contributed by atoms with Gasteiger partial charge in [0.1, 0.15) is 5.57 Å². The van der Waals surface area contributed by atoms with Gasteiger partial charge in [-0.1, -0.05) is 17.7 Å². The Morgan fingerprint density at radius 2 is 1.75 bits per heavy atom. The molecule has 0 spiro atoms. The predicted molar refractivity (Wildman–Crippen MR) is 85.1 cm³/mol. The van der Waals surface area contributed by atoms with Crippen LogP contribution < -0.4 is 4.90 Å². The zero-order chi connectivity index (χ0) is 17.9. The average molecular weight is 333 g/mol. The Kier molecular flexibility index (Phi) is 5.23. The van der Waals surface area contributed by atoms with Crippen LogP contribution in [0, 0.1) is 6.92 Å². The summed E-state index contributed by atoms with van der Waals surface area (Å²) < 4.78 is 14.8. The number of esters is 2. The Morgan fingerprint density at radius 3 is 2.25 bits per heavy atom. The highest BCUT2D eigenvalue weighted by Crippen LogP contribution is 2.33. The number of carbonyl (C=O) groups is 3. The number of methoxy groups -OCH3 is 2. The van der Waals surface area contributed by atoms with Crippen LogP contribution in [0.4, 0.5) is 5.69 Å². The second-order valence-corrected chi connectivity index (χ2v) is 5.10. The van der Waals surface area contributed by atoms with Gasteiger partial charge < -0.3 is 14.2 Å². The molecule has 0 saturated heterocycles. The van der Waals surface area contributed by atoms with Gasteiger partial charge in [-0.2, -0.15) is 0 Å². The molecule has 1 amide bonds. The third-order valence-electron chi connectivity index (χ3n) is 3.62. The monoisotopic (exact) mass is 333 g/mol. The van der Waals surface area contributed by atoms with Crippen LogP contribution in [0.15, 0.2) is 35.6 Å². The number of rotatable bonds is 5. The molecule has 0 aliphatic carbocycles. The first-order valence-corrected chi connectivity index (χ1v) is 7.39. The van der Waals surface area contributed by atoms with Crippen LogP contribution >= 0.6 is 0 Å². The molecule has 1 aliphatic heterocycles. The lowest BCUT2D eigenvalue weighted by Crippen LogP contribution is -2.43. The molecule has 1 aliphatic rings. The number of hydrogen-bond donors (Lipinski definition) is 0. The average Bonchev–Trinajstić information content (AvgIpc) is 2.87. The number of ether oxygens (including phenoxy) is 3. The lowest BCUT2D eigenvalue weighted by Gasteiger charge is -2.24. The van der Waals surface area contributed by atoms with E-state index in [1.165, 1.54) is 19.1 Å². The summed E-state index contributed by atoms with van der Waals surface area (Å²) in [6.45, 7) is 3.74. The van der Waals surface area contributed by atoms with Crippen LogP contribution in [0.2, 0.25) is 0 Å². The Hall–Kier alpha value is -2.83. The van der Waals surface area contributed by atoms with Crippen molar-refractivity contribution in [3.8, 4) is 0 Å². The Balaban J connectivity index is 2.60. The van der Waals surface area contributed by atoms with Gasteiger partial charge in [0.05, 0.1) is 20.8 Å². The van der Waals surface area contributed by atoms with Crippen LogP contribution in [-0.4, -0.2) is 44.7 Å². The molecule has 1 unspecified atom stereocenters. The summed E-state index contributed by atoms with van der Waals surface area (Å²) in [5.74, 6) is -2.34. The number of amides is 1. The van der Waals surface area contributed by atoms with Gasteiger partial charge in [0.2, 0.25) is 0 Å². The van der Waals surface area contributed by atoms with Crippen LogP contribution in [0.5, 0.6) is 0 Å². The molecular formula is C17H19NO6. The lowest BCUT2D eigenvalue weighted by molar-refractivity contribution is -0.144. The second kappa shape index (κ2) is 7.16. The molecule has 0 fully saturated rings. The summed E-state index contributed by atoms with van der Waals surface area (Å²) in [5.41, 5.74) is 1.29. The quantitative estimate of drug-likeness (QED) is 0.757. The van der Waals surface area contributed by atoms with Crippen molar-refractivity contribution in [1.29, 1.82) is 0 Å². The van der Waals surface area contributed by atoms with Crippen molar-refractivity contribution < 1.29 is 28.6 Å². The highest BCUT2D eigenvalue weighted by Gasteiger charge is 2.49. The molecule has 7 heteroatoms. The second-order valence-electron chi connectivity index (χ2n) is 5.10.